The van der Waals surface area contributed by atoms with Crippen LogP contribution in [0.2, 0.25) is 0 Å². The van der Waals surface area contributed by atoms with Crippen LogP contribution in [0.1, 0.15) is 86.8 Å². The van der Waals surface area contributed by atoms with E-state index in [9.17, 15) is 0 Å². The van der Waals surface area contributed by atoms with Gasteiger partial charge in [0, 0.05) is 24.3 Å². The molecule has 4 heteroatoms. The van der Waals surface area contributed by atoms with E-state index in [1.807, 2.05) is 0 Å². The summed E-state index contributed by atoms with van der Waals surface area (Å²) >= 11 is 0. The Bertz CT molecular complexity index is 730. The highest BCUT2D eigenvalue weighted by Gasteiger charge is 2.41. The Morgan fingerprint density at radius 2 is 1.65 bits per heavy atom. The Balaban J connectivity index is 1.97. The highest BCUT2D eigenvalue weighted by atomic mass is 16.5. The van der Waals surface area contributed by atoms with Gasteiger partial charge in [0.1, 0.15) is 12.5 Å². The zero-order valence-electron chi connectivity index (χ0n) is 22.0. The van der Waals surface area contributed by atoms with Gasteiger partial charge in [-0.25, -0.2) is 0 Å². The molecule has 0 aliphatic carbocycles. The summed E-state index contributed by atoms with van der Waals surface area (Å²) in [6, 6.07) is 6.45. The van der Waals surface area contributed by atoms with Gasteiger partial charge in [-0.2, -0.15) is 0 Å². The molecule has 31 heavy (non-hydrogen) atoms. The van der Waals surface area contributed by atoms with Crippen LogP contribution in [0.4, 0.5) is 0 Å². The van der Waals surface area contributed by atoms with Crippen LogP contribution < -0.4 is 4.74 Å². The van der Waals surface area contributed by atoms with Crippen molar-refractivity contribution in [2.24, 2.45) is 11.3 Å². The Hall–Kier alpha value is -1.10. The van der Waals surface area contributed by atoms with Crippen molar-refractivity contribution < 1.29 is 14.2 Å². The second kappa shape index (κ2) is 9.41. The van der Waals surface area contributed by atoms with Gasteiger partial charge in [-0.1, -0.05) is 38.5 Å². The zero-order chi connectivity index (χ0) is 23.7. The van der Waals surface area contributed by atoms with Gasteiger partial charge in [0.2, 0.25) is 0 Å². The van der Waals surface area contributed by atoms with E-state index in [4.69, 9.17) is 14.2 Å². The Morgan fingerprint density at radius 3 is 2.26 bits per heavy atom. The summed E-state index contributed by atoms with van der Waals surface area (Å²) in [4.78, 5) is 2.43. The fourth-order valence-corrected chi connectivity index (χ4v) is 3.70. The molecule has 0 saturated heterocycles. The van der Waals surface area contributed by atoms with Crippen LogP contribution >= 0.6 is 0 Å². The van der Waals surface area contributed by atoms with Crippen LogP contribution in [0.25, 0.3) is 0 Å². The zero-order valence-corrected chi connectivity index (χ0v) is 22.0. The summed E-state index contributed by atoms with van der Waals surface area (Å²) in [5.74, 6) is 1.37. The molecule has 1 heterocycles. The molecular formula is C27H47NO3. The topological polar surface area (TPSA) is 30.9 Å². The number of fused-ring (bicyclic) bond motifs is 1. The highest BCUT2D eigenvalue weighted by Crippen LogP contribution is 2.39. The maximum absolute atomic E-state index is 6.58. The van der Waals surface area contributed by atoms with Crippen LogP contribution in [0.15, 0.2) is 18.2 Å². The molecule has 178 valence electrons. The van der Waals surface area contributed by atoms with E-state index in [0.717, 1.165) is 25.3 Å². The lowest BCUT2D eigenvalue weighted by Crippen LogP contribution is -2.53. The van der Waals surface area contributed by atoms with Gasteiger partial charge in [0.05, 0.1) is 17.8 Å². The smallest absolute Gasteiger partial charge is 0.142 e. The van der Waals surface area contributed by atoms with Crippen molar-refractivity contribution >= 4 is 0 Å². The normalized spacial score (nSPS) is 17.3. The molecule has 2 rings (SSSR count). The Labute approximate surface area is 191 Å². The van der Waals surface area contributed by atoms with Gasteiger partial charge in [0.15, 0.2) is 0 Å². The SMILES string of the molecule is Cc1ccc2c(c1)CN(C(C)(C)C(C)COC(C)(C)C(C)(C)CCOC(C)(C)C)CO2. The summed E-state index contributed by atoms with van der Waals surface area (Å²) in [6.07, 6.45) is 0.963. The van der Waals surface area contributed by atoms with Crippen molar-refractivity contribution in [1.82, 2.24) is 4.90 Å². The maximum atomic E-state index is 6.58. The second-order valence-corrected chi connectivity index (χ2v) is 12.1. The minimum atomic E-state index is -0.249. The molecule has 4 nitrogen and oxygen atoms in total. The monoisotopic (exact) mass is 433 g/mol. The molecule has 0 spiro atoms. The Kier molecular flexibility index (Phi) is 7.94. The van der Waals surface area contributed by atoms with Crippen molar-refractivity contribution in [3.05, 3.63) is 29.3 Å². The summed E-state index contributed by atoms with van der Waals surface area (Å²) < 4.78 is 18.6. The molecule has 0 aromatic heterocycles. The number of aryl methyl sites for hydroxylation is 1. The molecule has 0 N–H and O–H groups in total. The first-order valence-corrected chi connectivity index (χ1v) is 11.8. The van der Waals surface area contributed by atoms with E-state index in [1.165, 1.54) is 11.1 Å². The number of rotatable bonds is 9. The van der Waals surface area contributed by atoms with Gasteiger partial charge >= 0.3 is 0 Å². The largest absolute Gasteiger partial charge is 0.478 e. The predicted molar refractivity (Wildman–Crippen MR) is 130 cm³/mol. The first-order chi connectivity index (χ1) is 14.1. The number of benzene rings is 1. The molecule has 1 aromatic rings. The molecule has 1 aromatic carbocycles. The van der Waals surface area contributed by atoms with E-state index >= 15 is 0 Å². The van der Waals surface area contributed by atoms with Crippen LogP contribution in [0.5, 0.6) is 5.75 Å². The van der Waals surface area contributed by atoms with E-state index < -0.39 is 0 Å². The fourth-order valence-electron chi connectivity index (χ4n) is 3.70. The van der Waals surface area contributed by atoms with Crippen molar-refractivity contribution in [1.29, 1.82) is 0 Å². The highest BCUT2D eigenvalue weighted by molar-refractivity contribution is 5.38. The standard InChI is InChI=1S/C27H47NO3/c1-20-12-13-23-22(16-20)17-28(19-29-23)26(8,9)21(2)18-31-27(10,11)25(6,7)14-15-30-24(3,4)5/h12-13,16,21H,14-15,17-19H2,1-11H3. The fraction of sp³-hybridized carbons (Fsp3) is 0.778. The van der Waals surface area contributed by atoms with E-state index in [-0.39, 0.29) is 22.2 Å². The first-order valence-electron chi connectivity index (χ1n) is 11.8. The quantitative estimate of drug-likeness (QED) is 0.440. The number of ether oxygens (including phenoxy) is 3. The van der Waals surface area contributed by atoms with E-state index in [1.54, 1.807) is 0 Å². The average Bonchev–Trinajstić information content (AvgIpc) is 2.64. The lowest BCUT2D eigenvalue weighted by Gasteiger charge is -2.47. The summed E-state index contributed by atoms with van der Waals surface area (Å²) in [6.45, 7) is 27.3. The molecule has 1 unspecified atom stereocenters. The van der Waals surface area contributed by atoms with Crippen molar-refractivity contribution in [3.8, 4) is 5.75 Å². The van der Waals surface area contributed by atoms with Crippen molar-refractivity contribution in [2.45, 2.75) is 106 Å². The molecule has 0 fully saturated rings. The molecule has 0 radical (unpaired) electrons. The minimum Gasteiger partial charge on any atom is -0.478 e. The predicted octanol–water partition coefficient (Wildman–Crippen LogP) is 6.59. The third-order valence-electron chi connectivity index (χ3n) is 7.56. The average molecular weight is 434 g/mol. The van der Waals surface area contributed by atoms with Gasteiger partial charge in [0.25, 0.3) is 0 Å². The summed E-state index contributed by atoms with van der Waals surface area (Å²) in [5, 5.41) is 0. The van der Waals surface area contributed by atoms with Crippen molar-refractivity contribution in [2.75, 3.05) is 19.9 Å². The third kappa shape index (κ3) is 6.69. The second-order valence-electron chi connectivity index (χ2n) is 12.1. The summed E-state index contributed by atoms with van der Waals surface area (Å²) in [7, 11) is 0. The number of hydrogen-bond donors (Lipinski definition) is 0. The van der Waals surface area contributed by atoms with Gasteiger partial charge < -0.3 is 14.2 Å². The Morgan fingerprint density at radius 1 is 1.00 bits per heavy atom. The third-order valence-corrected chi connectivity index (χ3v) is 7.56. The molecule has 1 aliphatic heterocycles. The molecule has 1 atom stereocenters. The summed E-state index contributed by atoms with van der Waals surface area (Å²) in [5.41, 5.74) is 2.16. The van der Waals surface area contributed by atoms with E-state index in [2.05, 4.69) is 99.3 Å². The van der Waals surface area contributed by atoms with Crippen LogP contribution in [-0.2, 0) is 16.0 Å². The van der Waals surface area contributed by atoms with Crippen molar-refractivity contribution in [3.63, 3.8) is 0 Å². The number of hydrogen-bond acceptors (Lipinski definition) is 4. The molecule has 1 aliphatic rings. The first kappa shape index (κ1) is 26.2. The lowest BCUT2D eigenvalue weighted by atomic mass is 9.74. The van der Waals surface area contributed by atoms with Gasteiger partial charge in [-0.05, 0) is 79.2 Å². The van der Waals surface area contributed by atoms with E-state index in [0.29, 0.717) is 19.3 Å². The number of nitrogens with zero attached hydrogens (tertiary/aromatic N) is 1. The molecular weight excluding hydrogens is 386 g/mol. The van der Waals surface area contributed by atoms with Crippen LogP contribution in [-0.4, -0.2) is 41.6 Å². The molecule has 0 amide bonds. The van der Waals surface area contributed by atoms with Crippen LogP contribution in [0, 0.1) is 18.3 Å². The molecule has 0 bridgehead atoms. The lowest BCUT2D eigenvalue weighted by molar-refractivity contribution is -0.136. The van der Waals surface area contributed by atoms with Crippen LogP contribution in [0.3, 0.4) is 0 Å². The minimum absolute atomic E-state index is 0.00676. The van der Waals surface area contributed by atoms with Gasteiger partial charge in [-0.3, -0.25) is 4.90 Å². The molecule has 0 saturated carbocycles. The van der Waals surface area contributed by atoms with Gasteiger partial charge in [-0.15, -0.1) is 0 Å². The maximum Gasteiger partial charge on any atom is 0.142 e.